The second-order valence-corrected chi connectivity index (χ2v) is 5.00. The predicted octanol–water partition coefficient (Wildman–Crippen LogP) is 2.23. The molecule has 0 aliphatic heterocycles. The van der Waals surface area contributed by atoms with Gasteiger partial charge in [0.25, 0.3) is 5.91 Å². The van der Waals surface area contributed by atoms with Gasteiger partial charge in [-0.2, -0.15) is 5.26 Å². The molecule has 3 N–H and O–H groups in total. The molecular weight excluding hydrogens is 320 g/mol. The van der Waals surface area contributed by atoms with E-state index in [1.807, 2.05) is 6.07 Å². The Bertz CT molecular complexity index is 694. The standard InChI is InChI=1S/C14H11BrN4O/c15-11-5-12(13(17)18-8-11)14(20)19-7-10-3-1-2-9(4-10)6-16/h1-5,8H,7H2,(H2,17,18)(H,19,20). The molecule has 0 saturated heterocycles. The highest BCUT2D eigenvalue weighted by atomic mass is 79.9. The van der Waals surface area contributed by atoms with Crippen LogP contribution in [-0.2, 0) is 6.54 Å². The Balaban J connectivity index is 2.09. The maximum absolute atomic E-state index is 12.0. The first-order valence-electron chi connectivity index (χ1n) is 5.78. The first kappa shape index (κ1) is 14.0. The van der Waals surface area contributed by atoms with Gasteiger partial charge < -0.3 is 11.1 Å². The average Bonchev–Trinajstić information content (AvgIpc) is 2.47. The molecule has 0 bridgehead atoms. The number of nitriles is 1. The number of nitrogens with one attached hydrogen (secondary N) is 1. The largest absolute Gasteiger partial charge is 0.383 e. The Morgan fingerprint density at radius 3 is 3.00 bits per heavy atom. The van der Waals surface area contributed by atoms with E-state index in [1.165, 1.54) is 6.20 Å². The number of nitrogens with zero attached hydrogens (tertiary/aromatic N) is 2. The quantitative estimate of drug-likeness (QED) is 0.902. The molecule has 1 aromatic heterocycles. The molecule has 0 unspecified atom stereocenters. The van der Waals surface area contributed by atoms with Crippen molar-refractivity contribution in [1.29, 1.82) is 5.26 Å². The number of anilines is 1. The van der Waals surface area contributed by atoms with Crippen LogP contribution in [0.25, 0.3) is 0 Å². The van der Waals surface area contributed by atoms with Crippen LogP contribution in [0, 0.1) is 11.3 Å². The summed E-state index contributed by atoms with van der Waals surface area (Å²) in [5, 5.41) is 11.6. The summed E-state index contributed by atoms with van der Waals surface area (Å²) >= 11 is 3.25. The Hall–Kier alpha value is -2.39. The van der Waals surface area contributed by atoms with Crippen molar-refractivity contribution in [2.24, 2.45) is 0 Å². The number of benzene rings is 1. The lowest BCUT2D eigenvalue weighted by Crippen LogP contribution is -2.24. The van der Waals surface area contributed by atoms with Crippen molar-refractivity contribution in [2.75, 3.05) is 5.73 Å². The van der Waals surface area contributed by atoms with Gasteiger partial charge in [-0.15, -0.1) is 0 Å². The second kappa shape index (κ2) is 6.17. The first-order chi connectivity index (χ1) is 9.60. The molecule has 100 valence electrons. The molecule has 0 atom stereocenters. The van der Waals surface area contributed by atoms with Crippen LogP contribution in [0.4, 0.5) is 5.82 Å². The molecule has 1 aromatic carbocycles. The van der Waals surface area contributed by atoms with Gasteiger partial charge in [0, 0.05) is 17.2 Å². The van der Waals surface area contributed by atoms with Crippen molar-refractivity contribution in [3.63, 3.8) is 0 Å². The van der Waals surface area contributed by atoms with Crippen LogP contribution in [0.5, 0.6) is 0 Å². The zero-order chi connectivity index (χ0) is 14.5. The van der Waals surface area contributed by atoms with Gasteiger partial charge in [0.05, 0.1) is 17.2 Å². The fraction of sp³-hybridized carbons (Fsp3) is 0.0714. The number of nitrogens with two attached hydrogens (primary N) is 1. The van der Waals surface area contributed by atoms with Gasteiger partial charge in [0.1, 0.15) is 5.82 Å². The lowest BCUT2D eigenvalue weighted by molar-refractivity contribution is 0.0951. The van der Waals surface area contributed by atoms with Gasteiger partial charge in [-0.1, -0.05) is 12.1 Å². The highest BCUT2D eigenvalue weighted by Crippen LogP contribution is 2.15. The Kier molecular flexibility index (Phi) is 4.33. The molecule has 0 radical (unpaired) electrons. The third-order valence-corrected chi connectivity index (χ3v) is 3.07. The number of pyridine rings is 1. The first-order valence-corrected chi connectivity index (χ1v) is 6.57. The predicted molar refractivity (Wildman–Crippen MR) is 78.7 cm³/mol. The highest BCUT2D eigenvalue weighted by molar-refractivity contribution is 9.10. The van der Waals surface area contributed by atoms with Crippen LogP contribution in [0.3, 0.4) is 0 Å². The van der Waals surface area contributed by atoms with E-state index in [1.54, 1.807) is 24.3 Å². The zero-order valence-corrected chi connectivity index (χ0v) is 12.0. The summed E-state index contributed by atoms with van der Waals surface area (Å²) in [6.07, 6.45) is 1.53. The zero-order valence-electron chi connectivity index (χ0n) is 10.4. The summed E-state index contributed by atoms with van der Waals surface area (Å²) in [6.45, 7) is 0.320. The molecular formula is C14H11BrN4O. The van der Waals surface area contributed by atoms with E-state index in [0.29, 0.717) is 22.1 Å². The minimum Gasteiger partial charge on any atom is -0.383 e. The molecule has 0 aliphatic carbocycles. The number of hydrogen-bond acceptors (Lipinski definition) is 4. The molecule has 0 fully saturated rings. The van der Waals surface area contributed by atoms with E-state index < -0.39 is 0 Å². The minimum absolute atomic E-state index is 0.177. The molecule has 1 amide bonds. The van der Waals surface area contributed by atoms with Gasteiger partial charge in [-0.3, -0.25) is 4.79 Å². The van der Waals surface area contributed by atoms with Crippen molar-refractivity contribution in [1.82, 2.24) is 10.3 Å². The maximum atomic E-state index is 12.0. The molecule has 1 heterocycles. The Labute approximate surface area is 124 Å². The van der Waals surface area contributed by atoms with Crippen LogP contribution in [0.15, 0.2) is 41.0 Å². The minimum atomic E-state index is -0.307. The maximum Gasteiger partial charge on any atom is 0.255 e. The van der Waals surface area contributed by atoms with E-state index >= 15 is 0 Å². The fourth-order valence-electron chi connectivity index (χ4n) is 1.66. The number of nitrogen functional groups attached to an aromatic ring is 1. The van der Waals surface area contributed by atoms with Crippen LogP contribution in [-0.4, -0.2) is 10.9 Å². The normalized spacial score (nSPS) is 9.80. The van der Waals surface area contributed by atoms with Gasteiger partial charge >= 0.3 is 0 Å². The van der Waals surface area contributed by atoms with Crippen molar-refractivity contribution >= 4 is 27.7 Å². The van der Waals surface area contributed by atoms with E-state index in [2.05, 4.69) is 32.3 Å². The van der Waals surface area contributed by atoms with Crippen molar-refractivity contribution < 1.29 is 4.79 Å². The number of rotatable bonds is 3. The Morgan fingerprint density at radius 2 is 2.25 bits per heavy atom. The third kappa shape index (κ3) is 3.33. The van der Waals surface area contributed by atoms with Crippen LogP contribution < -0.4 is 11.1 Å². The summed E-state index contributed by atoms with van der Waals surface area (Å²) in [4.78, 5) is 15.9. The van der Waals surface area contributed by atoms with E-state index in [0.717, 1.165) is 5.56 Å². The molecule has 0 aliphatic rings. The number of aromatic nitrogens is 1. The van der Waals surface area contributed by atoms with Gasteiger partial charge in [-0.25, -0.2) is 4.98 Å². The molecule has 6 heteroatoms. The number of halogens is 1. The molecule has 2 aromatic rings. The number of hydrogen-bond donors (Lipinski definition) is 2. The molecule has 2 rings (SSSR count). The lowest BCUT2D eigenvalue weighted by Gasteiger charge is -2.07. The average molecular weight is 331 g/mol. The highest BCUT2D eigenvalue weighted by Gasteiger charge is 2.11. The van der Waals surface area contributed by atoms with Crippen molar-refractivity contribution in [2.45, 2.75) is 6.54 Å². The molecule has 0 saturated carbocycles. The smallest absolute Gasteiger partial charge is 0.255 e. The number of carbonyl (C=O) groups excluding carboxylic acids is 1. The molecule has 5 nitrogen and oxygen atoms in total. The fourth-order valence-corrected chi connectivity index (χ4v) is 1.99. The van der Waals surface area contributed by atoms with E-state index in [-0.39, 0.29) is 11.7 Å². The molecule has 0 spiro atoms. The van der Waals surface area contributed by atoms with Gasteiger partial charge in [-0.05, 0) is 39.7 Å². The monoisotopic (exact) mass is 330 g/mol. The topological polar surface area (TPSA) is 91.8 Å². The SMILES string of the molecule is N#Cc1cccc(CNC(=O)c2cc(Br)cnc2N)c1. The summed E-state index contributed by atoms with van der Waals surface area (Å²) in [6, 6.07) is 10.7. The van der Waals surface area contributed by atoms with Gasteiger partial charge in [0.15, 0.2) is 0 Å². The van der Waals surface area contributed by atoms with E-state index in [4.69, 9.17) is 11.0 Å². The number of carbonyl (C=O) groups is 1. The van der Waals surface area contributed by atoms with Gasteiger partial charge in [0.2, 0.25) is 0 Å². The van der Waals surface area contributed by atoms with E-state index in [9.17, 15) is 4.79 Å². The van der Waals surface area contributed by atoms with Crippen LogP contribution in [0.1, 0.15) is 21.5 Å². The Morgan fingerprint density at radius 1 is 1.45 bits per heavy atom. The summed E-state index contributed by atoms with van der Waals surface area (Å²) < 4.78 is 0.684. The van der Waals surface area contributed by atoms with Crippen LogP contribution >= 0.6 is 15.9 Å². The van der Waals surface area contributed by atoms with Crippen molar-refractivity contribution in [3.8, 4) is 6.07 Å². The lowest BCUT2D eigenvalue weighted by atomic mass is 10.1. The summed E-state index contributed by atoms with van der Waals surface area (Å²) in [5.41, 5.74) is 7.39. The molecule has 20 heavy (non-hydrogen) atoms. The summed E-state index contributed by atoms with van der Waals surface area (Å²) in [7, 11) is 0. The summed E-state index contributed by atoms with van der Waals surface area (Å²) in [5.74, 6) is -0.130. The van der Waals surface area contributed by atoms with Crippen molar-refractivity contribution in [3.05, 3.63) is 57.7 Å². The number of amides is 1. The van der Waals surface area contributed by atoms with Crippen LogP contribution in [0.2, 0.25) is 0 Å². The third-order valence-electron chi connectivity index (χ3n) is 2.64. The second-order valence-electron chi connectivity index (χ2n) is 4.08.